The quantitative estimate of drug-likeness (QED) is 0.553. The van der Waals surface area contributed by atoms with Crippen LogP contribution in [0.4, 0.5) is 5.88 Å². The van der Waals surface area contributed by atoms with Gasteiger partial charge < -0.3 is 9.84 Å². The zero-order chi connectivity index (χ0) is 20.8. The van der Waals surface area contributed by atoms with Gasteiger partial charge in [-0.15, -0.1) is 0 Å². The largest absolute Gasteiger partial charge is 0.338 e. The van der Waals surface area contributed by atoms with E-state index in [-0.39, 0.29) is 16.9 Å². The fraction of sp³-hybridized carbons (Fsp3) is 0.261. The summed E-state index contributed by atoms with van der Waals surface area (Å²) >= 11 is 5.20. The molecule has 0 aliphatic carbocycles. The molecule has 0 aliphatic rings. The third-order valence-corrected chi connectivity index (χ3v) is 4.80. The van der Waals surface area contributed by atoms with E-state index in [0.717, 1.165) is 17.7 Å². The second kappa shape index (κ2) is 9.47. The highest BCUT2D eigenvalue weighted by molar-refractivity contribution is 7.80. The molecule has 0 fully saturated rings. The predicted molar refractivity (Wildman–Crippen MR) is 119 cm³/mol. The number of nitrogens with one attached hydrogen (secondary N) is 2. The van der Waals surface area contributed by atoms with E-state index in [0.29, 0.717) is 17.4 Å². The monoisotopic (exact) mass is 407 g/mol. The molecule has 0 saturated carbocycles. The van der Waals surface area contributed by atoms with E-state index in [1.54, 1.807) is 30.3 Å². The summed E-state index contributed by atoms with van der Waals surface area (Å²) in [6.07, 6.45) is 1.07. The van der Waals surface area contributed by atoms with Gasteiger partial charge in [-0.2, -0.15) is 0 Å². The molecule has 2 N–H and O–H groups in total. The molecule has 1 atom stereocenters. The van der Waals surface area contributed by atoms with Crippen LogP contribution in [-0.2, 0) is 6.42 Å². The molecule has 6 heteroatoms. The maximum Gasteiger partial charge on any atom is 0.257 e. The van der Waals surface area contributed by atoms with Crippen molar-refractivity contribution >= 4 is 29.1 Å². The van der Waals surface area contributed by atoms with E-state index in [2.05, 4.69) is 60.8 Å². The molecule has 1 heterocycles. The van der Waals surface area contributed by atoms with Crippen LogP contribution in [0.25, 0.3) is 0 Å². The van der Waals surface area contributed by atoms with Gasteiger partial charge in [-0.3, -0.25) is 10.1 Å². The molecule has 0 saturated heterocycles. The number of thiocarbonyl (C=S) groups is 1. The number of nitrogens with zero attached hydrogens (tertiary/aromatic N) is 1. The van der Waals surface area contributed by atoms with Crippen molar-refractivity contribution in [1.29, 1.82) is 0 Å². The molecule has 2 aromatic carbocycles. The Bertz CT molecular complexity index is 965. The zero-order valence-electron chi connectivity index (χ0n) is 16.8. The van der Waals surface area contributed by atoms with Gasteiger partial charge in [0.2, 0.25) is 5.88 Å². The first-order chi connectivity index (χ1) is 13.9. The summed E-state index contributed by atoms with van der Waals surface area (Å²) in [6, 6.07) is 19.3. The Morgan fingerprint density at radius 3 is 2.41 bits per heavy atom. The molecule has 1 aromatic heterocycles. The van der Waals surface area contributed by atoms with Crippen LogP contribution in [0.1, 0.15) is 53.9 Å². The minimum Gasteiger partial charge on any atom is -0.338 e. The first-order valence-electron chi connectivity index (χ1n) is 9.65. The topological polar surface area (TPSA) is 67.2 Å². The average molecular weight is 408 g/mol. The summed E-state index contributed by atoms with van der Waals surface area (Å²) < 4.78 is 5.34. The van der Waals surface area contributed by atoms with E-state index >= 15 is 0 Å². The molecule has 29 heavy (non-hydrogen) atoms. The van der Waals surface area contributed by atoms with Gasteiger partial charge in [-0.25, -0.2) is 0 Å². The molecule has 0 bridgehead atoms. The van der Waals surface area contributed by atoms with Crippen molar-refractivity contribution in [2.75, 3.05) is 5.32 Å². The Labute approximate surface area is 176 Å². The normalized spacial score (nSPS) is 11.9. The number of anilines is 1. The summed E-state index contributed by atoms with van der Waals surface area (Å²) in [5, 5.41) is 9.80. The molecular weight excluding hydrogens is 382 g/mol. The first-order valence-corrected chi connectivity index (χ1v) is 10.1. The Balaban J connectivity index is 1.59. The van der Waals surface area contributed by atoms with Gasteiger partial charge >= 0.3 is 0 Å². The number of benzene rings is 2. The van der Waals surface area contributed by atoms with Gasteiger partial charge in [0.05, 0.1) is 5.69 Å². The summed E-state index contributed by atoms with van der Waals surface area (Å²) in [4.78, 5) is 12.2. The fourth-order valence-electron chi connectivity index (χ4n) is 3.04. The second-order valence-corrected chi connectivity index (χ2v) is 7.86. The van der Waals surface area contributed by atoms with Crippen molar-refractivity contribution < 1.29 is 9.32 Å². The number of carbonyl (C=O) groups is 1. The fourth-order valence-corrected chi connectivity index (χ4v) is 3.24. The van der Waals surface area contributed by atoms with Crippen LogP contribution in [0.15, 0.2) is 65.2 Å². The molecule has 150 valence electrons. The highest BCUT2D eigenvalue weighted by Gasteiger charge is 2.15. The Kier molecular flexibility index (Phi) is 6.77. The van der Waals surface area contributed by atoms with Crippen LogP contribution in [0.2, 0.25) is 0 Å². The Morgan fingerprint density at radius 1 is 1.07 bits per heavy atom. The molecular formula is C23H25N3O2S. The molecule has 3 rings (SSSR count). The lowest BCUT2D eigenvalue weighted by Gasteiger charge is -2.10. The number of amides is 1. The van der Waals surface area contributed by atoms with Crippen LogP contribution in [-0.4, -0.2) is 16.2 Å². The highest BCUT2D eigenvalue weighted by atomic mass is 32.1. The van der Waals surface area contributed by atoms with Crippen LogP contribution < -0.4 is 10.6 Å². The number of hydrogen-bond acceptors (Lipinski definition) is 4. The standard InChI is InChI=1S/C23H25N3O2S/c1-15(2)13-17-9-11-18(12-10-17)16(3)20-14-21(28-26-20)24-23(29)25-22(27)19-7-5-4-6-8-19/h4-12,14-16H,13H2,1-3H3,(H2,24,25,27,29). The Hall–Kier alpha value is -2.99. The van der Waals surface area contributed by atoms with Crippen molar-refractivity contribution in [1.82, 2.24) is 10.5 Å². The molecule has 0 aliphatic heterocycles. The maximum absolute atomic E-state index is 12.2. The van der Waals surface area contributed by atoms with E-state index < -0.39 is 0 Å². The first kappa shape index (κ1) is 20.7. The third-order valence-electron chi connectivity index (χ3n) is 4.60. The lowest BCUT2D eigenvalue weighted by atomic mass is 9.95. The number of carbonyl (C=O) groups excluding carboxylic acids is 1. The van der Waals surface area contributed by atoms with Crippen molar-refractivity contribution in [3.63, 3.8) is 0 Å². The van der Waals surface area contributed by atoms with E-state index in [4.69, 9.17) is 16.7 Å². The summed E-state index contributed by atoms with van der Waals surface area (Å²) in [6.45, 7) is 6.51. The summed E-state index contributed by atoms with van der Waals surface area (Å²) in [7, 11) is 0. The van der Waals surface area contributed by atoms with Gasteiger partial charge in [0.1, 0.15) is 0 Å². The van der Waals surface area contributed by atoms with Gasteiger partial charge in [0, 0.05) is 17.5 Å². The van der Waals surface area contributed by atoms with Gasteiger partial charge in [0.25, 0.3) is 5.91 Å². The molecule has 5 nitrogen and oxygen atoms in total. The van der Waals surface area contributed by atoms with Gasteiger partial charge in [-0.1, -0.05) is 68.4 Å². The minimum atomic E-state index is -0.280. The lowest BCUT2D eigenvalue weighted by Crippen LogP contribution is -2.33. The Morgan fingerprint density at radius 2 is 1.76 bits per heavy atom. The molecule has 3 aromatic rings. The second-order valence-electron chi connectivity index (χ2n) is 7.45. The third kappa shape index (κ3) is 5.74. The van der Waals surface area contributed by atoms with Crippen molar-refractivity contribution in [2.24, 2.45) is 5.92 Å². The SMILES string of the molecule is CC(C)Cc1ccc(C(C)c2cc(NC(=S)NC(=O)c3ccccc3)on2)cc1. The number of aromatic nitrogens is 1. The molecule has 1 unspecified atom stereocenters. The summed E-state index contributed by atoms with van der Waals surface area (Å²) in [5.41, 5.74) is 3.82. The van der Waals surface area contributed by atoms with Crippen LogP contribution in [0.3, 0.4) is 0 Å². The van der Waals surface area contributed by atoms with Crippen LogP contribution in [0.5, 0.6) is 0 Å². The van der Waals surface area contributed by atoms with Gasteiger partial charge in [0.15, 0.2) is 5.11 Å². The van der Waals surface area contributed by atoms with Crippen molar-refractivity contribution in [3.05, 3.63) is 83.0 Å². The van der Waals surface area contributed by atoms with Crippen molar-refractivity contribution in [3.8, 4) is 0 Å². The van der Waals surface area contributed by atoms with Crippen LogP contribution >= 0.6 is 12.2 Å². The minimum absolute atomic E-state index is 0.0786. The smallest absolute Gasteiger partial charge is 0.257 e. The molecule has 1 amide bonds. The van der Waals surface area contributed by atoms with Crippen LogP contribution in [0, 0.1) is 5.92 Å². The zero-order valence-corrected chi connectivity index (χ0v) is 17.6. The predicted octanol–water partition coefficient (Wildman–Crippen LogP) is 5.15. The number of hydrogen-bond donors (Lipinski definition) is 2. The average Bonchev–Trinajstić information content (AvgIpc) is 3.16. The maximum atomic E-state index is 12.2. The summed E-state index contributed by atoms with van der Waals surface area (Å²) in [5.74, 6) is 0.822. The molecule has 0 radical (unpaired) electrons. The number of rotatable bonds is 6. The van der Waals surface area contributed by atoms with E-state index in [1.807, 2.05) is 6.07 Å². The highest BCUT2D eigenvalue weighted by Crippen LogP contribution is 2.26. The van der Waals surface area contributed by atoms with E-state index in [9.17, 15) is 4.79 Å². The van der Waals surface area contributed by atoms with Crippen molar-refractivity contribution in [2.45, 2.75) is 33.1 Å². The van der Waals surface area contributed by atoms with E-state index in [1.165, 1.54) is 5.56 Å². The molecule has 0 spiro atoms. The lowest BCUT2D eigenvalue weighted by molar-refractivity contribution is 0.0977. The van der Waals surface area contributed by atoms with Gasteiger partial charge in [-0.05, 0) is 47.8 Å².